The fourth-order valence-electron chi connectivity index (χ4n) is 1.70. The summed E-state index contributed by atoms with van der Waals surface area (Å²) < 4.78 is 5.11. The Morgan fingerprint density at radius 2 is 1.70 bits per heavy atom. The molecule has 0 spiro atoms. The summed E-state index contributed by atoms with van der Waals surface area (Å²) >= 11 is 1.63. The number of methoxy groups -OCH3 is 1. The van der Waals surface area contributed by atoms with Crippen LogP contribution in [-0.4, -0.2) is 19.4 Å². The first-order valence-corrected chi connectivity index (χ1v) is 7.30. The Hall–Kier alpha value is -2.14. The summed E-state index contributed by atoms with van der Waals surface area (Å²) in [6, 6.07) is 14.6. The number of thioether (sulfide) groups is 1. The van der Waals surface area contributed by atoms with E-state index in [1.165, 1.54) is 0 Å². The SMILES string of the molecule is COc1cccc(NC(=O)Nc2cccc(SC)c2)c1. The van der Waals surface area contributed by atoms with Gasteiger partial charge in [0, 0.05) is 22.3 Å². The van der Waals surface area contributed by atoms with Crippen LogP contribution in [0, 0.1) is 0 Å². The normalized spacial score (nSPS) is 9.90. The molecule has 2 N–H and O–H groups in total. The Morgan fingerprint density at radius 3 is 2.35 bits per heavy atom. The Kier molecular flexibility index (Phi) is 4.90. The lowest BCUT2D eigenvalue weighted by molar-refractivity contribution is 0.262. The average Bonchev–Trinajstić information content (AvgIpc) is 2.47. The quantitative estimate of drug-likeness (QED) is 0.834. The van der Waals surface area contributed by atoms with E-state index < -0.39 is 0 Å². The Balaban J connectivity index is 2.01. The van der Waals surface area contributed by atoms with E-state index in [1.54, 1.807) is 31.0 Å². The van der Waals surface area contributed by atoms with Gasteiger partial charge < -0.3 is 15.4 Å². The van der Waals surface area contributed by atoms with Crippen LogP contribution in [0.1, 0.15) is 0 Å². The second kappa shape index (κ2) is 6.86. The van der Waals surface area contributed by atoms with Crippen molar-refractivity contribution in [2.24, 2.45) is 0 Å². The molecule has 0 aliphatic rings. The molecule has 0 saturated carbocycles. The van der Waals surface area contributed by atoms with Crippen LogP contribution in [0.3, 0.4) is 0 Å². The number of carbonyl (C=O) groups excluding carboxylic acids is 1. The molecule has 2 aromatic carbocycles. The summed E-state index contributed by atoms with van der Waals surface area (Å²) in [5, 5.41) is 5.56. The van der Waals surface area contributed by atoms with Gasteiger partial charge in [-0.05, 0) is 36.6 Å². The van der Waals surface area contributed by atoms with Crippen molar-refractivity contribution in [3.63, 3.8) is 0 Å². The lowest BCUT2D eigenvalue weighted by Gasteiger charge is -2.09. The lowest BCUT2D eigenvalue weighted by Crippen LogP contribution is -2.19. The number of nitrogens with one attached hydrogen (secondary N) is 2. The van der Waals surface area contributed by atoms with E-state index in [0.29, 0.717) is 11.4 Å². The fraction of sp³-hybridized carbons (Fsp3) is 0.133. The van der Waals surface area contributed by atoms with Crippen molar-refractivity contribution < 1.29 is 9.53 Å². The maximum Gasteiger partial charge on any atom is 0.323 e. The number of hydrogen-bond acceptors (Lipinski definition) is 3. The zero-order valence-corrected chi connectivity index (χ0v) is 12.2. The van der Waals surface area contributed by atoms with Crippen LogP contribution in [-0.2, 0) is 0 Å². The largest absolute Gasteiger partial charge is 0.497 e. The third kappa shape index (κ3) is 3.93. The number of anilines is 2. The summed E-state index contributed by atoms with van der Waals surface area (Å²) in [6.45, 7) is 0. The molecule has 2 amide bonds. The predicted octanol–water partition coefficient (Wildman–Crippen LogP) is 4.06. The smallest absolute Gasteiger partial charge is 0.323 e. The highest BCUT2D eigenvalue weighted by Crippen LogP contribution is 2.20. The summed E-state index contributed by atoms with van der Waals surface area (Å²) in [4.78, 5) is 13.0. The zero-order chi connectivity index (χ0) is 14.4. The number of amides is 2. The summed E-state index contributed by atoms with van der Waals surface area (Å²) in [7, 11) is 1.59. The van der Waals surface area contributed by atoms with Crippen molar-refractivity contribution in [3.05, 3.63) is 48.5 Å². The molecule has 0 unspecified atom stereocenters. The zero-order valence-electron chi connectivity index (χ0n) is 11.3. The number of rotatable bonds is 4. The molecule has 0 aliphatic heterocycles. The standard InChI is InChI=1S/C15H16N2O2S/c1-19-13-7-3-5-11(9-13)16-15(18)17-12-6-4-8-14(10-12)20-2/h3-10H,1-2H3,(H2,16,17,18). The second-order valence-corrected chi connectivity index (χ2v) is 4.92. The Labute approximate surface area is 122 Å². The Morgan fingerprint density at radius 1 is 1.05 bits per heavy atom. The van der Waals surface area contributed by atoms with Gasteiger partial charge in [-0.25, -0.2) is 4.79 Å². The van der Waals surface area contributed by atoms with E-state index in [1.807, 2.05) is 42.7 Å². The summed E-state index contributed by atoms with van der Waals surface area (Å²) in [5.41, 5.74) is 1.44. The van der Waals surface area contributed by atoms with Crippen molar-refractivity contribution >= 4 is 29.2 Å². The monoisotopic (exact) mass is 288 g/mol. The lowest BCUT2D eigenvalue weighted by atomic mass is 10.3. The van der Waals surface area contributed by atoms with Crippen molar-refractivity contribution in [2.75, 3.05) is 24.0 Å². The minimum Gasteiger partial charge on any atom is -0.497 e. The predicted molar refractivity (Wildman–Crippen MR) is 83.9 cm³/mol. The molecule has 0 aliphatic carbocycles. The van der Waals surface area contributed by atoms with Crippen LogP contribution in [0.25, 0.3) is 0 Å². The number of carbonyl (C=O) groups is 1. The molecule has 0 bridgehead atoms. The molecule has 104 valence electrons. The number of benzene rings is 2. The third-order valence-corrected chi connectivity index (χ3v) is 3.38. The highest BCUT2D eigenvalue weighted by Gasteiger charge is 2.04. The molecule has 0 fully saturated rings. The van der Waals surface area contributed by atoms with Gasteiger partial charge in [0.1, 0.15) is 5.75 Å². The van der Waals surface area contributed by atoms with E-state index in [0.717, 1.165) is 10.6 Å². The molecule has 5 heteroatoms. The van der Waals surface area contributed by atoms with Gasteiger partial charge in [-0.3, -0.25) is 0 Å². The molecular formula is C15H16N2O2S. The first-order valence-electron chi connectivity index (χ1n) is 6.07. The van der Waals surface area contributed by atoms with Gasteiger partial charge in [0.25, 0.3) is 0 Å². The van der Waals surface area contributed by atoms with Gasteiger partial charge in [-0.1, -0.05) is 12.1 Å². The van der Waals surface area contributed by atoms with Gasteiger partial charge in [-0.15, -0.1) is 11.8 Å². The summed E-state index contributed by atoms with van der Waals surface area (Å²) in [6.07, 6.45) is 2.00. The highest BCUT2D eigenvalue weighted by molar-refractivity contribution is 7.98. The van der Waals surface area contributed by atoms with Crippen molar-refractivity contribution in [1.29, 1.82) is 0 Å². The van der Waals surface area contributed by atoms with Crippen LogP contribution < -0.4 is 15.4 Å². The van der Waals surface area contributed by atoms with Gasteiger partial charge in [0.15, 0.2) is 0 Å². The minimum absolute atomic E-state index is 0.281. The summed E-state index contributed by atoms with van der Waals surface area (Å²) in [5.74, 6) is 0.701. The molecule has 4 nitrogen and oxygen atoms in total. The number of urea groups is 1. The van der Waals surface area contributed by atoms with Crippen LogP contribution in [0.4, 0.5) is 16.2 Å². The first kappa shape index (κ1) is 14.3. The molecule has 2 aromatic rings. The van der Waals surface area contributed by atoms with Gasteiger partial charge in [0.2, 0.25) is 0 Å². The topological polar surface area (TPSA) is 50.4 Å². The van der Waals surface area contributed by atoms with Crippen LogP contribution in [0.2, 0.25) is 0 Å². The molecular weight excluding hydrogens is 272 g/mol. The molecule has 2 rings (SSSR count). The van der Waals surface area contributed by atoms with Crippen LogP contribution in [0.15, 0.2) is 53.4 Å². The minimum atomic E-state index is -0.281. The first-order chi connectivity index (χ1) is 9.71. The fourth-order valence-corrected chi connectivity index (χ4v) is 2.15. The van der Waals surface area contributed by atoms with Crippen molar-refractivity contribution in [1.82, 2.24) is 0 Å². The second-order valence-electron chi connectivity index (χ2n) is 4.04. The van der Waals surface area contributed by atoms with Gasteiger partial charge >= 0.3 is 6.03 Å². The van der Waals surface area contributed by atoms with E-state index in [9.17, 15) is 4.79 Å². The van der Waals surface area contributed by atoms with Crippen LogP contribution in [0.5, 0.6) is 5.75 Å². The number of hydrogen-bond donors (Lipinski definition) is 2. The Bertz CT molecular complexity index is 550. The van der Waals surface area contributed by atoms with E-state index in [4.69, 9.17) is 4.74 Å². The van der Waals surface area contributed by atoms with E-state index >= 15 is 0 Å². The van der Waals surface area contributed by atoms with Gasteiger partial charge in [-0.2, -0.15) is 0 Å². The van der Waals surface area contributed by atoms with Crippen LogP contribution >= 0.6 is 11.8 Å². The number of ether oxygens (including phenoxy) is 1. The molecule has 0 aromatic heterocycles. The average molecular weight is 288 g/mol. The molecule has 20 heavy (non-hydrogen) atoms. The van der Waals surface area contributed by atoms with Crippen molar-refractivity contribution in [3.8, 4) is 5.75 Å². The maximum absolute atomic E-state index is 11.9. The molecule has 0 atom stereocenters. The van der Waals surface area contributed by atoms with Gasteiger partial charge in [0.05, 0.1) is 7.11 Å². The third-order valence-electron chi connectivity index (χ3n) is 2.66. The maximum atomic E-state index is 11.9. The molecule has 0 radical (unpaired) electrons. The molecule has 0 heterocycles. The van der Waals surface area contributed by atoms with E-state index in [-0.39, 0.29) is 6.03 Å². The highest BCUT2D eigenvalue weighted by atomic mass is 32.2. The molecule has 0 saturated heterocycles. The van der Waals surface area contributed by atoms with E-state index in [2.05, 4.69) is 10.6 Å². The van der Waals surface area contributed by atoms with Crippen molar-refractivity contribution in [2.45, 2.75) is 4.90 Å².